The first-order valence-electron chi connectivity index (χ1n) is 5.95. The lowest BCUT2D eigenvalue weighted by Crippen LogP contribution is -2.42. The number of carbonyl (C=O) groups is 2. The van der Waals surface area contributed by atoms with E-state index in [-0.39, 0.29) is 17.0 Å². The van der Waals surface area contributed by atoms with Gasteiger partial charge in [0.15, 0.2) is 6.10 Å². The van der Waals surface area contributed by atoms with Gasteiger partial charge in [0.1, 0.15) is 5.75 Å². The lowest BCUT2D eigenvalue weighted by Gasteiger charge is -2.17. The third-order valence-corrected chi connectivity index (χ3v) is 2.57. The van der Waals surface area contributed by atoms with E-state index in [1.54, 1.807) is 0 Å². The Kier molecular flexibility index (Phi) is 5.19. The van der Waals surface area contributed by atoms with E-state index in [1.807, 2.05) is 5.32 Å². The number of hydrogen-bond donors (Lipinski definition) is 3. The molecule has 9 nitrogen and oxygen atoms in total. The van der Waals surface area contributed by atoms with Gasteiger partial charge in [0.25, 0.3) is 11.6 Å². The highest BCUT2D eigenvalue weighted by Crippen LogP contribution is 2.30. The fourth-order valence-corrected chi connectivity index (χ4v) is 1.55. The van der Waals surface area contributed by atoms with Crippen molar-refractivity contribution < 1.29 is 24.4 Å². The fraction of sp³-hybridized carbons (Fsp3) is 0.333. The minimum Gasteiger partial charge on any atom is -0.480 e. The molecule has 0 saturated heterocycles. The van der Waals surface area contributed by atoms with Crippen LogP contribution in [-0.4, -0.2) is 28.1 Å². The number of carbonyl (C=O) groups excluding carboxylic acids is 2. The number of aliphatic hydroxyl groups is 1. The summed E-state index contributed by atoms with van der Waals surface area (Å²) >= 11 is 0. The number of benzene rings is 1. The summed E-state index contributed by atoms with van der Waals surface area (Å²) in [5, 5.41) is 22.2. The largest absolute Gasteiger partial charge is 0.480 e. The number of nitro groups is 1. The molecule has 0 aliphatic carbocycles. The maximum atomic E-state index is 11.5. The van der Waals surface area contributed by atoms with Crippen molar-refractivity contribution in [2.45, 2.75) is 26.1 Å². The van der Waals surface area contributed by atoms with Crippen LogP contribution in [0.5, 0.6) is 5.75 Å². The molecule has 114 valence electrons. The van der Waals surface area contributed by atoms with Crippen LogP contribution in [0.2, 0.25) is 0 Å². The average molecular weight is 297 g/mol. The Labute approximate surface area is 119 Å². The Morgan fingerprint density at radius 2 is 2.05 bits per heavy atom. The maximum absolute atomic E-state index is 11.5. The van der Waals surface area contributed by atoms with Crippen LogP contribution in [0.1, 0.15) is 25.5 Å². The van der Waals surface area contributed by atoms with E-state index < -0.39 is 29.1 Å². The first-order chi connectivity index (χ1) is 9.72. The number of ether oxygens (including phenoxy) is 1. The number of urea groups is 1. The summed E-state index contributed by atoms with van der Waals surface area (Å²) in [5.41, 5.74) is 4.75. The van der Waals surface area contributed by atoms with Gasteiger partial charge in [-0.15, -0.1) is 0 Å². The number of amides is 3. The number of primary amides is 1. The fourth-order valence-electron chi connectivity index (χ4n) is 1.55. The van der Waals surface area contributed by atoms with Crippen molar-refractivity contribution in [1.29, 1.82) is 0 Å². The first kappa shape index (κ1) is 16.4. The Balaban J connectivity index is 2.99. The number of nitrogens with one attached hydrogen (secondary N) is 1. The molecular weight excluding hydrogens is 282 g/mol. The van der Waals surface area contributed by atoms with Crippen molar-refractivity contribution in [2.24, 2.45) is 5.73 Å². The molecule has 0 heterocycles. The SMILES string of the molecule is CC(Oc1ccc([N+](=O)[O-])cc1C(C)O)C(=O)NC(N)=O. The zero-order valence-corrected chi connectivity index (χ0v) is 11.4. The van der Waals surface area contributed by atoms with Crippen LogP contribution in [0, 0.1) is 10.1 Å². The molecule has 0 aromatic heterocycles. The van der Waals surface area contributed by atoms with Crippen LogP contribution < -0.4 is 15.8 Å². The molecular formula is C12H15N3O6. The molecule has 9 heteroatoms. The molecule has 2 unspecified atom stereocenters. The molecule has 1 aromatic rings. The highest BCUT2D eigenvalue weighted by Gasteiger charge is 2.21. The van der Waals surface area contributed by atoms with E-state index >= 15 is 0 Å². The van der Waals surface area contributed by atoms with Gasteiger partial charge in [-0.3, -0.25) is 20.2 Å². The number of nitrogens with two attached hydrogens (primary N) is 1. The van der Waals surface area contributed by atoms with Crippen LogP contribution in [0.15, 0.2) is 18.2 Å². The molecule has 3 amide bonds. The van der Waals surface area contributed by atoms with Crippen LogP contribution in [0.25, 0.3) is 0 Å². The number of imide groups is 1. The Hall–Kier alpha value is -2.68. The monoisotopic (exact) mass is 297 g/mol. The number of nitro benzene ring substituents is 1. The van der Waals surface area contributed by atoms with Crippen molar-refractivity contribution in [3.05, 3.63) is 33.9 Å². The zero-order valence-electron chi connectivity index (χ0n) is 11.4. The topological polar surface area (TPSA) is 145 Å². The summed E-state index contributed by atoms with van der Waals surface area (Å²) in [6.07, 6.45) is -2.11. The van der Waals surface area contributed by atoms with E-state index in [9.17, 15) is 24.8 Å². The molecule has 0 spiro atoms. The molecule has 0 aliphatic rings. The molecule has 0 radical (unpaired) electrons. The first-order valence-corrected chi connectivity index (χ1v) is 5.95. The lowest BCUT2D eigenvalue weighted by molar-refractivity contribution is -0.385. The predicted molar refractivity (Wildman–Crippen MR) is 71.5 cm³/mol. The predicted octanol–water partition coefficient (Wildman–Crippen LogP) is 0.610. The molecule has 0 saturated carbocycles. The molecule has 1 aromatic carbocycles. The molecule has 21 heavy (non-hydrogen) atoms. The molecule has 2 atom stereocenters. The number of nitrogens with zero attached hydrogens (tertiary/aromatic N) is 1. The van der Waals surface area contributed by atoms with Gasteiger partial charge < -0.3 is 15.6 Å². The van der Waals surface area contributed by atoms with Gasteiger partial charge in [-0.25, -0.2) is 4.79 Å². The van der Waals surface area contributed by atoms with Gasteiger partial charge in [-0.2, -0.15) is 0 Å². The van der Waals surface area contributed by atoms with Crippen molar-refractivity contribution >= 4 is 17.6 Å². The normalized spacial score (nSPS) is 13.1. The van der Waals surface area contributed by atoms with Crippen molar-refractivity contribution in [2.75, 3.05) is 0 Å². The van der Waals surface area contributed by atoms with E-state index in [2.05, 4.69) is 0 Å². The number of rotatable bonds is 5. The second kappa shape index (κ2) is 6.66. The summed E-state index contributed by atoms with van der Waals surface area (Å²) in [4.78, 5) is 32.2. The second-order valence-electron chi connectivity index (χ2n) is 4.27. The highest BCUT2D eigenvalue weighted by atomic mass is 16.6. The summed E-state index contributed by atoms with van der Waals surface area (Å²) < 4.78 is 5.30. The number of hydrogen-bond acceptors (Lipinski definition) is 6. The van der Waals surface area contributed by atoms with Gasteiger partial charge in [0, 0.05) is 17.7 Å². The van der Waals surface area contributed by atoms with Crippen LogP contribution in [-0.2, 0) is 4.79 Å². The van der Waals surface area contributed by atoms with Gasteiger partial charge in [0.05, 0.1) is 11.0 Å². The molecule has 0 aliphatic heterocycles. The van der Waals surface area contributed by atoms with Crippen molar-refractivity contribution in [3.63, 3.8) is 0 Å². The van der Waals surface area contributed by atoms with Crippen LogP contribution >= 0.6 is 0 Å². The smallest absolute Gasteiger partial charge is 0.318 e. The molecule has 1 rings (SSSR count). The van der Waals surface area contributed by atoms with E-state index in [0.29, 0.717) is 0 Å². The van der Waals surface area contributed by atoms with E-state index in [4.69, 9.17) is 10.5 Å². The second-order valence-corrected chi connectivity index (χ2v) is 4.27. The van der Waals surface area contributed by atoms with Gasteiger partial charge in [-0.1, -0.05) is 0 Å². The molecule has 4 N–H and O–H groups in total. The number of non-ortho nitro benzene ring substituents is 1. The van der Waals surface area contributed by atoms with Crippen LogP contribution in [0.4, 0.5) is 10.5 Å². The van der Waals surface area contributed by atoms with E-state index in [0.717, 1.165) is 6.07 Å². The number of aliphatic hydroxyl groups excluding tert-OH is 1. The Bertz CT molecular complexity index is 572. The van der Waals surface area contributed by atoms with Crippen LogP contribution in [0.3, 0.4) is 0 Å². The zero-order chi connectivity index (χ0) is 16.2. The Morgan fingerprint density at radius 3 is 2.52 bits per heavy atom. The van der Waals surface area contributed by atoms with Gasteiger partial charge in [0.2, 0.25) is 0 Å². The lowest BCUT2D eigenvalue weighted by atomic mass is 10.1. The Morgan fingerprint density at radius 1 is 1.43 bits per heavy atom. The van der Waals surface area contributed by atoms with Crippen molar-refractivity contribution in [3.8, 4) is 5.75 Å². The third kappa shape index (κ3) is 4.42. The maximum Gasteiger partial charge on any atom is 0.318 e. The minimum absolute atomic E-state index is 0.0997. The van der Waals surface area contributed by atoms with E-state index in [1.165, 1.54) is 26.0 Å². The molecule has 0 bridgehead atoms. The third-order valence-electron chi connectivity index (χ3n) is 2.57. The summed E-state index contributed by atoms with van der Waals surface area (Å²) in [6, 6.07) is 2.59. The van der Waals surface area contributed by atoms with Gasteiger partial charge >= 0.3 is 6.03 Å². The average Bonchev–Trinajstić information content (AvgIpc) is 2.37. The standard InChI is InChI=1S/C12H15N3O6/c1-6(16)9-5-8(15(19)20)3-4-10(9)21-7(2)11(17)14-12(13)18/h3-7,16H,1-2H3,(H3,13,14,17,18). The summed E-state index contributed by atoms with van der Waals surface area (Å²) in [6.45, 7) is 2.77. The van der Waals surface area contributed by atoms with Crippen molar-refractivity contribution in [1.82, 2.24) is 5.32 Å². The quantitative estimate of drug-likeness (QED) is 0.536. The minimum atomic E-state index is -1.07. The van der Waals surface area contributed by atoms with Gasteiger partial charge in [-0.05, 0) is 19.9 Å². The molecule has 0 fully saturated rings. The highest BCUT2D eigenvalue weighted by molar-refractivity contribution is 5.95. The summed E-state index contributed by atoms with van der Waals surface area (Å²) in [5.74, 6) is -0.667. The summed E-state index contributed by atoms with van der Waals surface area (Å²) in [7, 11) is 0.